The third kappa shape index (κ3) is 5.08. The fraction of sp³-hybridized carbons (Fsp3) is 0.0938. The summed E-state index contributed by atoms with van der Waals surface area (Å²) in [6, 6.07) is 37.6. The van der Waals surface area contributed by atoms with Gasteiger partial charge in [0.1, 0.15) is 18.1 Å². The number of ether oxygens (including phenoxy) is 2. The monoisotopic (exact) mass is 473 g/mol. The van der Waals surface area contributed by atoms with Gasteiger partial charge in [0.25, 0.3) is 5.56 Å². The quantitative estimate of drug-likeness (QED) is 0.248. The molecule has 0 N–H and O–H groups in total. The van der Waals surface area contributed by atoms with Crippen LogP contribution < -0.4 is 15.0 Å². The van der Waals surface area contributed by atoms with Gasteiger partial charge in [-0.3, -0.25) is 4.79 Å². The van der Waals surface area contributed by atoms with Crippen molar-refractivity contribution in [2.24, 2.45) is 0 Å². The lowest BCUT2D eigenvalue weighted by Crippen LogP contribution is -2.23. The molecule has 5 aromatic rings. The second-order valence-electron chi connectivity index (χ2n) is 8.53. The van der Waals surface area contributed by atoms with E-state index in [4.69, 9.17) is 9.47 Å². The summed E-state index contributed by atoms with van der Waals surface area (Å²) in [5.74, 6) is 1.30. The fourth-order valence-corrected chi connectivity index (χ4v) is 4.26. The molecule has 1 aromatic heterocycles. The summed E-state index contributed by atoms with van der Waals surface area (Å²) >= 11 is 0. The summed E-state index contributed by atoms with van der Waals surface area (Å²) in [5, 5.41) is 0. The molecule has 0 saturated heterocycles. The number of hydrogen-bond donors (Lipinski definition) is 0. The summed E-state index contributed by atoms with van der Waals surface area (Å²) in [5.41, 5.74) is 5.15. The highest BCUT2D eigenvalue weighted by Crippen LogP contribution is 2.38. The van der Waals surface area contributed by atoms with Crippen molar-refractivity contribution in [3.63, 3.8) is 0 Å². The zero-order chi connectivity index (χ0) is 24.7. The van der Waals surface area contributed by atoms with Crippen molar-refractivity contribution >= 4 is 0 Å². The molecule has 5 rings (SSSR count). The van der Waals surface area contributed by atoms with Gasteiger partial charge in [-0.05, 0) is 34.4 Å². The molecule has 178 valence electrons. The zero-order valence-electron chi connectivity index (χ0n) is 20.1. The number of methoxy groups -OCH3 is 1. The van der Waals surface area contributed by atoms with Gasteiger partial charge in [0, 0.05) is 11.8 Å². The Balaban J connectivity index is 1.71. The molecule has 0 unspecified atom stereocenters. The Bertz CT molecular complexity index is 1480. The van der Waals surface area contributed by atoms with Crippen molar-refractivity contribution in [2.45, 2.75) is 13.2 Å². The molecule has 0 spiro atoms. The second-order valence-corrected chi connectivity index (χ2v) is 8.53. The largest absolute Gasteiger partial charge is 0.497 e. The molecule has 0 amide bonds. The number of aromatic nitrogens is 1. The van der Waals surface area contributed by atoms with Crippen LogP contribution >= 0.6 is 0 Å². The third-order valence-corrected chi connectivity index (χ3v) is 6.12. The van der Waals surface area contributed by atoms with E-state index in [0.717, 1.165) is 33.6 Å². The van der Waals surface area contributed by atoms with Crippen LogP contribution in [0.3, 0.4) is 0 Å². The maximum Gasteiger partial charge on any atom is 0.262 e. The van der Waals surface area contributed by atoms with Gasteiger partial charge >= 0.3 is 0 Å². The Morgan fingerprint density at radius 3 is 1.86 bits per heavy atom. The molecule has 0 atom stereocenters. The molecule has 0 bridgehead atoms. The molecule has 0 radical (unpaired) electrons. The first kappa shape index (κ1) is 23.2. The molecule has 0 fully saturated rings. The molecule has 0 aliphatic heterocycles. The molecular weight excluding hydrogens is 446 g/mol. The first-order valence-electron chi connectivity index (χ1n) is 11.9. The number of pyridine rings is 1. The smallest absolute Gasteiger partial charge is 0.262 e. The molecule has 0 aliphatic carbocycles. The van der Waals surface area contributed by atoms with Gasteiger partial charge in [-0.1, -0.05) is 103 Å². The van der Waals surface area contributed by atoms with E-state index in [1.807, 2.05) is 121 Å². The van der Waals surface area contributed by atoms with E-state index in [-0.39, 0.29) is 5.56 Å². The van der Waals surface area contributed by atoms with Crippen molar-refractivity contribution in [1.29, 1.82) is 0 Å². The van der Waals surface area contributed by atoms with Gasteiger partial charge in [0.2, 0.25) is 0 Å². The van der Waals surface area contributed by atoms with Crippen LogP contribution in [0.5, 0.6) is 11.5 Å². The van der Waals surface area contributed by atoms with Crippen molar-refractivity contribution in [1.82, 2.24) is 4.57 Å². The fourth-order valence-electron chi connectivity index (χ4n) is 4.26. The van der Waals surface area contributed by atoms with Gasteiger partial charge in [-0.2, -0.15) is 0 Å². The van der Waals surface area contributed by atoms with Crippen LogP contribution in [0.25, 0.3) is 22.3 Å². The lowest BCUT2D eigenvalue weighted by atomic mass is 9.99. The number of benzene rings is 4. The minimum absolute atomic E-state index is 0.105. The molecule has 4 aromatic carbocycles. The summed E-state index contributed by atoms with van der Waals surface area (Å²) in [6.07, 6.45) is 1.91. The summed E-state index contributed by atoms with van der Waals surface area (Å²) in [4.78, 5) is 14.0. The first-order valence-corrected chi connectivity index (χ1v) is 11.9. The highest BCUT2D eigenvalue weighted by molar-refractivity contribution is 5.81. The highest BCUT2D eigenvalue weighted by atomic mass is 16.5. The minimum Gasteiger partial charge on any atom is -0.497 e. The Kier molecular flexibility index (Phi) is 6.95. The normalized spacial score (nSPS) is 10.7. The highest BCUT2D eigenvalue weighted by Gasteiger charge is 2.21. The average molecular weight is 474 g/mol. The van der Waals surface area contributed by atoms with E-state index in [0.29, 0.717) is 24.5 Å². The van der Waals surface area contributed by atoms with Crippen LogP contribution in [0, 0.1) is 0 Å². The van der Waals surface area contributed by atoms with E-state index < -0.39 is 0 Å². The van der Waals surface area contributed by atoms with Crippen molar-refractivity contribution in [3.8, 4) is 33.8 Å². The Labute approximate surface area is 211 Å². The zero-order valence-corrected chi connectivity index (χ0v) is 20.1. The summed E-state index contributed by atoms with van der Waals surface area (Å²) < 4.78 is 13.6. The van der Waals surface area contributed by atoms with Crippen molar-refractivity contribution in [2.75, 3.05) is 7.11 Å². The SMILES string of the molecule is COc1ccc(-c2c(OCc3ccccc3)c(-c3ccccc3)cn(Cc3ccccc3)c2=O)cc1. The Morgan fingerprint density at radius 2 is 1.25 bits per heavy atom. The van der Waals surface area contributed by atoms with Crippen LogP contribution in [0.15, 0.2) is 126 Å². The van der Waals surface area contributed by atoms with Crippen molar-refractivity contribution < 1.29 is 9.47 Å². The molecule has 1 heterocycles. The van der Waals surface area contributed by atoms with E-state index in [1.165, 1.54) is 0 Å². The average Bonchev–Trinajstić information content (AvgIpc) is 2.95. The minimum atomic E-state index is -0.105. The van der Waals surface area contributed by atoms with E-state index in [2.05, 4.69) is 0 Å². The predicted octanol–water partition coefficient (Wildman–Crippen LogP) is 6.82. The Hall–Kier alpha value is -4.57. The number of nitrogens with zero attached hydrogens (tertiary/aromatic N) is 1. The van der Waals surface area contributed by atoms with Gasteiger partial charge in [-0.15, -0.1) is 0 Å². The molecular formula is C32H27NO3. The third-order valence-electron chi connectivity index (χ3n) is 6.12. The molecule has 0 aliphatic rings. The van der Waals surface area contributed by atoms with E-state index in [9.17, 15) is 4.79 Å². The maximum absolute atomic E-state index is 14.0. The molecule has 36 heavy (non-hydrogen) atoms. The van der Waals surface area contributed by atoms with Crippen molar-refractivity contribution in [3.05, 3.63) is 143 Å². The van der Waals surface area contributed by atoms with Crippen LogP contribution in [-0.2, 0) is 13.2 Å². The van der Waals surface area contributed by atoms with Crippen LogP contribution in [-0.4, -0.2) is 11.7 Å². The van der Waals surface area contributed by atoms with E-state index in [1.54, 1.807) is 11.7 Å². The van der Waals surface area contributed by atoms with Gasteiger partial charge < -0.3 is 14.0 Å². The first-order chi connectivity index (χ1) is 17.7. The second kappa shape index (κ2) is 10.8. The topological polar surface area (TPSA) is 40.5 Å². The molecule has 0 saturated carbocycles. The van der Waals surface area contributed by atoms with Crippen LogP contribution in [0.4, 0.5) is 0 Å². The predicted molar refractivity (Wildman–Crippen MR) is 144 cm³/mol. The molecule has 4 nitrogen and oxygen atoms in total. The van der Waals surface area contributed by atoms with Gasteiger partial charge in [0.15, 0.2) is 0 Å². The summed E-state index contributed by atoms with van der Waals surface area (Å²) in [6.45, 7) is 0.813. The van der Waals surface area contributed by atoms with Crippen LogP contribution in [0.1, 0.15) is 11.1 Å². The maximum atomic E-state index is 14.0. The van der Waals surface area contributed by atoms with Crippen LogP contribution in [0.2, 0.25) is 0 Å². The van der Waals surface area contributed by atoms with Gasteiger partial charge in [-0.25, -0.2) is 0 Å². The lowest BCUT2D eigenvalue weighted by molar-refractivity contribution is 0.307. The summed E-state index contributed by atoms with van der Waals surface area (Å²) in [7, 11) is 1.63. The number of hydrogen-bond acceptors (Lipinski definition) is 3. The number of rotatable bonds is 8. The lowest BCUT2D eigenvalue weighted by Gasteiger charge is -2.19. The molecule has 4 heteroatoms. The Morgan fingerprint density at radius 1 is 0.667 bits per heavy atom. The van der Waals surface area contributed by atoms with Gasteiger partial charge in [0.05, 0.1) is 19.2 Å². The van der Waals surface area contributed by atoms with E-state index >= 15 is 0 Å². The standard InChI is InChI=1S/C32H27NO3/c1-35-28-19-17-27(18-20-28)30-31(36-23-25-13-7-3-8-14-25)29(26-15-9-4-10-16-26)22-33(32(30)34)21-24-11-5-2-6-12-24/h2-20,22H,21,23H2,1H3.